The number of benzene rings is 1. The van der Waals surface area contributed by atoms with Gasteiger partial charge in [0.05, 0.1) is 0 Å². The fourth-order valence-electron chi connectivity index (χ4n) is 1.75. The van der Waals surface area contributed by atoms with Crippen LogP contribution in [0.5, 0.6) is 0 Å². The molecule has 0 aliphatic carbocycles. The number of hydrogen-bond acceptors (Lipinski definition) is 2. The lowest BCUT2D eigenvalue weighted by molar-refractivity contribution is -0.124. The summed E-state index contributed by atoms with van der Waals surface area (Å²) < 4.78 is 0. The summed E-state index contributed by atoms with van der Waals surface area (Å²) in [5.41, 5.74) is 0.507. The first kappa shape index (κ1) is 11.9. The maximum absolute atomic E-state index is 11.8. The average molecular weight is 253 g/mol. The molecular weight excluding hydrogens is 240 g/mol. The van der Waals surface area contributed by atoms with Crippen LogP contribution in [0, 0.1) is 0 Å². The molecule has 1 heterocycles. The van der Waals surface area contributed by atoms with Crippen LogP contribution in [0.3, 0.4) is 0 Å². The highest BCUT2D eigenvalue weighted by molar-refractivity contribution is 6.30. The summed E-state index contributed by atoms with van der Waals surface area (Å²) in [6.45, 7) is 0.687. The molecule has 0 bridgehead atoms. The first-order valence-electron chi connectivity index (χ1n) is 5.51. The smallest absolute Gasteiger partial charge is 0.251 e. The van der Waals surface area contributed by atoms with Gasteiger partial charge in [-0.15, -0.1) is 0 Å². The first-order valence-corrected chi connectivity index (χ1v) is 5.89. The lowest BCUT2D eigenvalue weighted by Gasteiger charge is -2.22. The standard InChI is InChI=1S/C12H13ClN2O2/c13-9-5-3-8(4-6-9)11(16)15-10-2-1-7-14-12(10)17/h3-6,10H,1-2,7H2,(H,14,17)(H,15,16)/t10-/m0/s1. The van der Waals surface area contributed by atoms with Crippen molar-refractivity contribution < 1.29 is 9.59 Å². The van der Waals surface area contributed by atoms with Gasteiger partial charge in [0.15, 0.2) is 0 Å². The molecule has 17 heavy (non-hydrogen) atoms. The zero-order valence-corrected chi connectivity index (χ0v) is 9.96. The maximum atomic E-state index is 11.8. The monoisotopic (exact) mass is 252 g/mol. The second-order valence-corrected chi connectivity index (χ2v) is 4.40. The molecule has 90 valence electrons. The van der Waals surface area contributed by atoms with E-state index in [1.807, 2.05) is 0 Å². The van der Waals surface area contributed by atoms with E-state index in [-0.39, 0.29) is 11.8 Å². The van der Waals surface area contributed by atoms with Crippen LogP contribution < -0.4 is 10.6 Å². The van der Waals surface area contributed by atoms with Crippen molar-refractivity contribution in [1.29, 1.82) is 0 Å². The van der Waals surface area contributed by atoms with Crippen LogP contribution in [0.1, 0.15) is 23.2 Å². The molecule has 2 N–H and O–H groups in total. The first-order chi connectivity index (χ1) is 8.16. The van der Waals surface area contributed by atoms with Gasteiger partial charge < -0.3 is 10.6 Å². The molecule has 1 fully saturated rings. The van der Waals surface area contributed by atoms with Crippen LogP contribution >= 0.6 is 11.6 Å². The van der Waals surface area contributed by atoms with Gasteiger partial charge in [-0.25, -0.2) is 0 Å². The summed E-state index contributed by atoms with van der Waals surface area (Å²) in [5, 5.41) is 6.01. The molecular formula is C12H13ClN2O2. The van der Waals surface area contributed by atoms with E-state index in [4.69, 9.17) is 11.6 Å². The zero-order chi connectivity index (χ0) is 12.3. The highest BCUT2D eigenvalue weighted by atomic mass is 35.5. The Morgan fingerprint density at radius 2 is 2.06 bits per heavy atom. The Morgan fingerprint density at radius 1 is 1.35 bits per heavy atom. The zero-order valence-electron chi connectivity index (χ0n) is 9.20. The summed E-state index contributed by atoms with van der Waals surface area (Å²) in [5.74, 6) is -0.359. The number of piperidine rings is 1. The number of rotatable bonds is 2. The van der Waals surface area contributed by atoms with Gasteiger partial charge in [0.25, 0.3) is 5.91 Å². The van der Waals surface area contributed by atoms with E-state index in [2.05, 4.69) is 10.6 Å². The van der Waals surface area contributed by atoms with Gasteiger partial charge in [0.1, 0.15) is 6.04 Å². The molecule has 0 saturated carbocycles. The van der Waals surface area contributed by atoms with E-state index in [0.717, 1.165) is 6.42 Å². The SMILES string of the molecule is O=C(N[C@H]1CCCNC1=O)c1ccc(Cl)cc1. The van der Waals surface area contributed by atoms with Crippen LogP contribution in [0.2, 0.25) is 5.02 Å². The minimum atomic E-state index is -0.424. The van der Waals surface area contributed by atoms with Crippen LogP contribution in [0.25, 0.3) is 0 Å². The van der Waals surface area contributed by atoms with Gasteiger partial charge in [0.2, 0.25) is 5.91 Å². The summed E-state index contributed by atoms with van der Waals surface area (Å²) in [7, 11) is 0. The summed E-state index contributed by atoms with van der Waals surface area (Å²) in [6.07, 6.45) is 1.57. The second kappa shape index (κ2) is 5.19. The van der Waals surface area contributed by atoms with Crippen LogP contribution in [-0.4, -0.2) is 24.4 Å². The number of nitrogens with one attached hydrogen (secondary N) is 2. The third kappa shape index (κ3) is 2.97. The Bertz CT molecular complexity index is 431. The Hall–Kier alpha value is -1.55. The fraction of sp³-hybridized carbons (Fsp3) is 0.333. The lowest BCUT2D eigenvalue weighted by atomic mass is 10.1. The normalized spacial score (nSPS) is 19.6. The topological polar surface area (TPSA) is 58.2 Å². The molecule has 1 aliphatic heterocycles. The summed E-state index contributed by atoms with van der Waals surface area (Å²) in [6, 6.07) is 6.15. The number of carbonyl (C=O) groups excluding carboxylic acids is 2. The minimum Gasteiger partial charge on any atom is -0.354 e. The van der Waals surface area contributed by atoms with Gasteiger partial charge in [0, 0.05) is 17.1 Å². The molecule has 0 unspecified atom stereocenters. The van der Waals surface area contributed by atoms with E-state index >= 15 is 0 Å². The van der Waals surface area contributed by atoms with E-state index in [1.54, 1.807) is 24.3 Å². The van der Waals surface area contributed by atoms with Crippen molar-refractivity contribution in [1.82, 2.24) is 10.6 Å². The third-order valence-corrected chi connectivity index (χ3v) is 2.95. The van der Waals surface area contributed by atoms with Crippen LogP contribution in [-0.2, 0) is 4.79 Å². The number of halogens is 1. The van der Waals surface area contributed by atoms with Crippen molar-refractivity contribution in [3.63, 3.8) is 0 Å². The van der Waals surface area contributed by atoms with E-state index in [0.29, 0.717) is 23.6 Å². The molecule has 1 aromatic rings. The Balaban J connectivity index is 2.01. The second-order valence-electron chi connectivity index (χ2n) is 3.97. The molecule has 0 aromatic heterocycles. The largest absolute Gasteiger partial charge is 0.354 e. The number of carbonyl (C=O) groups is 2. The van der Waals surface area contributed by atoms with E-state index in [9.17, 15) is 9.59 Å². The quantitative estimate of drug-likeness (QED) is 0.835. The Kier molecular flexibility index (Phi) is 3.64. The Morgan fingerprint density at radius 3 is 2.71 bits per heavy atom. The molecule has 5 heteroatoms. The summed E-state index contributed by atoms with van der Waals surface area (Å²) in [4.78, 5) is 23.3. The van der Waals surface area contributed by atoms with Gasteiger partial charge >= 0.3 is 0 Å². The van der Waals surface area contributed by atoms with Crippen molar-refractivity contribution in [2.75, 3.05) is 6.54 Å². The average Bonchev–Trinajstić information content (AvgIpc) is 2.33. The molecule has 1 aromatic carbocycles. The molecule has 1 saturated heterocycles. The van der Waals surface area contributed by atoms with Gasteiger partial charge in [-0.05, 0) is 37.1 Å². The van der Waals surface area contributed by atoms with E-state index in [1.165, 1.54) is 0 Å². The van der Waals surface area contributed by atoms with E-state index < -0.39 is 6.04 Å². The fourth-order valence-corrected chi connectivity index (χ4v) is 1.88. The van der Waals surface area contributed by atoms with Crippen molar-refractivity contribution >= 4 is 23.4 Å². The predicted molar refractivity (Wildman–Crippen MR) is 64.9 cm³/mol. The highest BCUT2D eigenvalue weighted by Crippen LogP contribution is 2.10. The maximum Gasteiger partial charge on any atom is 0.251 e. The van der Waals surface area contributed by atoms with Gasteiger partial charge in [-0.1, -0.05) is 11.6 Å². The predicted octanol–water partition coefficient (Wildman–Crippen LogP) is 1.35. The molecule has 1 aliphatic rings. The number of amides is 2. The van der Waals surface area contributed by atoms with Gasteiger partial charge in [-0.3, -0.25) is 9.59 Å². The molecule has 0 spiro atoms. The van der Waals surface area contributed by atoms with Crippen molar-refractivity contribution in [3.8, 4) is 0 Å². The van der Waals surface area contributed by atoms with Crippen molar-refractivity contribution in [2.45, 2.75) is 18.9 Å². The van der Waals surface area contributed by atoms with Gasteiger partial charge in [-0.2, -0.15) is 0 Å². The van der Waals surface area contributed by atoms with Crippen LogP contribution in [0.4, 0.5) is 0 Å². The Labute approximate surface area is 104 Å². The molecule has 1 atom stereocenters. The van der Waals surface area contributed by atoms with Crippen molar-refractivity contribution in [3.05, 3.63) is 34.9 Å². The summed E-state index contributed by atoms with van der Waals surface area (Å²) >= 11 is 5.74. The molecule has 4 nitrogen and oxygen atoms in total. The molecule has 0 radical (unpaired) electrons. The van der Waals surface area contributed by atoms with Crippen LogP contribution in [0.15, 0.2) is 24.3 Å². The molecule has 2 rings (SSSR count). The lowest BCUT2D eigenvalue weighted by Crippen LogP contribution is -2.50. The minimum absolute atomic E-state index is 0.112. The van der Waals surface area contributed by atoms with Crippen molar-refractivity contribution in [2.24, 2.45) is 0 Å². The highest BCUT2D eigenvalue weighted by Gasteiger charge is 2.23. The molecule has 2 amide bonds. The number of hydrogen-bond donors (Lipinski definition) is 2. The third-order valence-electron chi connectivity index (χ3n) is 2.70.